The number of nitrogens with one attached hydrogen (secondary N) is 1. The van der Waals surface area contributed by atoms with Gasteiger partial charge < -0.3 is 5.32 Å². The van der Waals surface area contributed by atoms with Gasteiger partial charge in [0.1, 0.15) is 0 Å². The summed E-state index contributed by atoms with van der Waals surface area (Å²) in [5.74, 6) is 0.995. The molecule has 0 unspecified atom stereocenters. The molecule has 21 heavy (non-hydrogen) atoms. The third-order valence-electron chi connectivity index (χ3n) is 5.12. The van der Waals surface area contributed by atoms with Gasteiger partial charge in [0.25, 0.3) is 0 Å². The third kappa shape index (κ3) is 4.08. The van der Waals surface area contributed by atoms with E-state index >= 15 is 0 Å². The first kappa shape index (κ1) is 15.5. The number of nitrogens with zero attached hydrogens (tertiary/aromatic N) is 1. The normalized spacial score (nSPS) is 27.0. The smallest absolute Gasteiger partial charge is 0.0331 e. The van der Waals surface area contributed by atoms with Gasteiger partial charge in [-0.25, -0.2) is 0 Å². The fourth-order valence-electron chi connectivity index (χ4n) is 4.03. The molecule has 2 nitrogen and oxygen atoms in total. The van der Waals surface area contributed by atoms with E-state index in [9.17, 15) is 0 Å². The highest BCUT2D eigenvalue weighted by molar-refractivity contribution is 7.11. The Balaban J connectivity index is 1.57. The largest absolute Gasteiger partial charge is 0.310 e. The van der Waals surface area contributed by atoms with E-state index in [1.54, 1.807) is 4.88 Å². The molecule has 1 aliphatic heterocycles. The molecule has 0 bridgehead atoms. The van der Waals surface area contributed by atoms with Gasteiger partial charge in [-0.3, -0.25) is 4.90 Å². The van der Waals surface area contributed by atoms with Crippen molar-refractivity contribution in [2.75, 3.05) is 6.54 Å². The Labute approximate surface area is 133 Å². The lowest BCUT2D eigenvalue weighted by Gasteiger charge is -2.44. The molecule has 2 aliphatic rings. The summed E-state index contributed by atoms with van der Waals surface area (Å²) < 4.78 is 0. The molecule has 0 amide bonds. The van der Waals surface area contributed by atoms with Crippen molar-refractivity contribution in [2.45, 2.75) is 77.5 Å². The lowest BCUT2D eigenvalue weighted by atomic mass is 9.78. The minimum absolute atomic E-state index is 0.570. The summed E-state index contributed by atoms with van der Waals surface area (Å²) in [7, 11) is 0. The summed E-state index contributed by atoms with van der Waals surface area (Å²) in [5, 5.41) is 3.52. The summed E-state index contributed by atoms with van der Waals surface area (Å²) in [6, 6.07) is 6.12. The second kappa shape index (κ2) is 7.26. The van der Waals surface area contributed by atoms with E-state index in [4.69, 9.17) is 0 Å². The van der Waals surface area contributed by atoms with E-state index in [2.05, 4.69) is 36.2 Å². The number of rotatable bonds is 5. The average Bonchev–Trinajstić information content (AvgIpc) is 2.93. The molecule has 118 valence electrons. The van der Waals surface area contributed by atoms with Gasteiger partial charge in [0.05, 0.1) is 0 Å². The van der Waals surface area contributed by atoms with Gasteiger partial charge in [-0.2, -0.15) is 0 Å². The first-order chi connectivity index (χ1) is 10.2. The maximum atomic E-state index is 3.52. The van der Waals surface area contributed by atoms with E-state index in [1.165, 1.54) is 56.5 Å². The minimum atomic E-state index is 0.570. The zero-order valence-electron chi connectivity index (χ0n) is 13.6. The number of fused-ring (bicyclic) bond motifs is 1. The summed E-state index contributed by atoms with van der Waals surface area (Å²) in [6.45, 7) is 7.96. The highest BCUT2D eigenvalue weighted by atomic mass is 32.1. The minimum Gasteiger partial charge on any atom is -0.310 e. The lowest BCUT2D eigenvalue weighted by molar-refractivity contribution is 0.0555. The van der Waals surface area contributed by atoms with Crippen molar-refractivity contribution >= 4 is 11.3 Å². The van der Waals surface area contributed by atoms with Gasteiger partial charge >= 0.3 is 0 Å². The highest BCUT2D eigenvalue weighted by Crippen LogP contribution is 2.36. The molecule has 1 N–H and O–H groups in total. The van der Waals surface area contributed by atoms with Gasteiger partial charge in [-0.1, -0.05) is 26.7 Å². The summed E-state index contributed by atoms with van der Waals surface area (Å²) in [4.78, 5) is 5.83. The molecule has 1 saturated heterocycles. The molecule has 0 spiro atoms. The molecule has 1 aliphatic carbocycles. The van der Waals surface area contributed by atoms with Crippen molar-refractivity contribution in [3.63, 3.8) is 0 Å². The first-order valence-corrected chi connectivity index (χ1v) is 9.59. The van der Waals surface area contributed by atoms with Crippen LogP contribution in [0, 0.1) is 5.92 Å². The average molecular weight is 307 g/mol. The van der Waals surface area contributed by atoms with Gasteiger partial charge in [0.15, 0.2) is 0 Å². The second-order valence-electron chi connectivity index (χ2n) is 7.13. The number of piperidine rings is 1. The molecule has 0 aromatic carbocycles. The van der Waals surface area contributed by atoms with Crippen LogP contribution in [-0.2, 0) is 13.1 Å². The van der Waals surface area contributed by atoms with Gasteiger partial charge in [-0.15, -0.1) is 11.3 Å². The van der Waals surface area contributed by atoms with Crippen LogP contribution in [0.15, 0.2) is 12.1 Å². The van der Waals surface area contributed by atoms with Crippen LogP contribution in [0.25, 0.3) is 0 Å². The third-order valence-corrected chi connectivity index (χ3v) is 6.19. The van der Waals surface area contributed by atoms with Gasteiger partial charge in [0.2, 0.25) is 0 Å². The van der Waals surface area contributed by atoms with E-state index in [1.807, 2.05) is 11.3 Å². The monoisotopic (exact) mass is 306 g/mol. The van der Waals surface area contributed by atoms with Crippen LogP contribution in [0.1, 0.15) is 62.1 Å². The molecule has 3 rings (SSSR count). The van der Waals surface area contributed by atoms with E-state index in [-0.39, 0.29) is 0 Å². The molecule has 1 aromatic rings. The fourth-order valence-corrected chi connectivity index (χ4v) is 5.03. The maximum Gasteiger partial charge on any atom is 0.0331 e. The maximum absolute atomic E-state index is 3.52. The van der Waals surface area contributed by atoms with Crippen LogP contribution in [0.3, 0.4) is 0 Å². The Hall–Kier alpha value is -0.380. The van der Waals surface area contributed by atoms with Crippen LogP contribution >= 0.6 is 11.3 Å². The van der Waals surface area contributed by atoms with Crippen LogP contribution < -0.4 is 5.32 Å². The Morgan fingerprint density at radius 2 is 1.90 bits per heavy atom. The summed E-state index contributed by atoms with van der Waals surface area (Å²) in [6.07, 6.45) is 8.74. The van der Waals surface area contributed by atoms with E-state index in [0.29, 0.717) is 6.04 Å². The molecule has 2 atom stereocenters. The van der Waals surface area contributed by atoms with Crippen LogP contribution in [0.2, 0.25) is 0 Å². The molecule has 1 saturated carbocycles. The molecular formula is C18H30N2S. The van der Waals surface area contributed by atoms with Crippen molar-refractivity contribution in [3.05, 3.63) is 21.9 Å². The Bertz CT molecular complexity index is 438. The molecule has 3 heteroatoms. The number of thiophene rings is 1. The predicted molar refractivity (Wildman–Crippen MR) is 91.7 cm³/mol. The van der Waals surface area contributed by atoms with Crippen LogP contribution in [-0.4, -0.2) is 23.5 Å². The summed E-state index contributed by atoms with van der Waals surface area (Å²) >= 11 is 2.00. The van der Waals surface area contributed by atoms with Crippen molar-refractivity contribution in [2.24, 2.45) is 5.92 Å². The lowest BCUT2D eigenvalue weighted by Crippen LogP contribution is -2.46. The van der Waals surface area contributed by atoms with Gasteiger partial charge in [-0.05, 0) is 50.3 Å². The molecule has 2 fully saturated rings. The fraction of sp³-hybridized carbons (Fsp3) is 0.778. The Morgan fingerprint density at radius 3 is 2.76 bits per heavy atom. The zero-order chi connectivity index (χ0) is 14.7. The second-order valence-corrected chi connectivity index (χ2v) is 8.38. The SMILES string of the molecule is CC(C)NCc1ccc(CN2CCC[C@H]3CCCC[C@H]32)s1. The molecular weight excluding hydrogens is 276 g/mol. The Morgan fingerprint density at radius 1 is 1.14 bits per heavy atom. The Kier molecular flexibility index (Phi) is 5.36. The van der Waals surface area contributed by atoms with Crippen molar-refractivity contribution in [1.82, 2.24) is 10.2 Å². The van der Waals surface area contributed by atoms with Crippen molar-refractivity contribution in [3.8, 4) is 0 Å². The topological polar surface area (TPSA) is 15.3 Å². The first-order valence-electron chi connectivity index (χ1n) is 8.77. The summed E-state index contributed by atoms with van der Waals surface area (Å²) in [5.41, 5.74) is 0. The zero-order valence-corrected chi connectivity index (χ0v) is 14.4. The van der Waals surface area contributed by atoms with E-state index in [0.717, 1.165) is 18.5 Å². The molecule has 0 radical (unpaired) electrons. The number of hydrogen-bond acceptors (Lipinski definition) is 3. The van der Waals surface area contributed by atoms with Gasteiger partial charge in [0, 0.05) is 34.9 Å². The standard InChI is InChI=1S/C18H30N2S/c1-14(2)19-12-16-9-10-17(21-16)13-20-11-5-7-15-6-3-4-8-18(15)20/h9-10,14-15,18-19H,3-8,11-13H2,1-2H3/t15-,18-/m1/s1. The predicted octanol–water partition coefficient (Wildman–Crippen LogP) is 4.40. The van der Waals surface area contributed by atoms with E-state index < -0.39 is 0 Å². The number of likely N-dealkylation sites (tertiary alicyclic amines) is 1. The van der Waals surface area contributed by atoms with Crippen LogP contribution in [0.4, 0.5) is 0 Å². The quantitative estimate of drug-likeness (QED) is 0.867. The molecule has 2 heterocycles. The van der Waals surface area contributed by atoms with Crippen molar-refractivity contribution in [1.29, 1.82) is 0 Å². The van der Waals surface area contributed by atoms with Crippen molar-refractivity contribution < 1.29 is 0 Å². The number of hydrogen-bond donors (Lipinski definition) is 1. The van der Waals surface area contributed by atoms with Crippen LogP contribution in [0.5, 0.6) is 0 Å². The highest BCUT2D eigenvalue weighted by Gasteiger charge is 2.33. The molecule has 1 aromatic heterocycles.